The molecule has 0 spiro atoms. The number of fused-ring (bicyclic) bond motifs is 6. The van der Waals surface area contributed by atoms with Crippen molar-refractivity contribution in [3.05, 3.63) is 191 Å². The topological polar surface area (TPSA) is 44.3 Å². The molecule has 284 valence electrons. The van der Waals surface area contributed by atoms with Crippen molar-refractivity contribution in [2.45, 2.75) is 65.8 Å². The third kappa shape index (κ3) is 6.58. The highest BCUT2D eigenvalue weighted by Crippen LogP contribution is 2.53. The maximum atomic E-state index is 10.3. The Hall–Kier alpha value is -6.44. The lowest BCUT2D eigenvalue weighted by Crippen LogP contribution is -2.35. The average molecular weight is 745 g/mol. The van der Waals surface area contributed by atoms with Crippen LogP contribution in [0.5, 0.6) is 0 Å². The van der Waals surface area contributed by atoms with Crippen molar-refractivity contribution < 1.29 is 0 Å². The summed E-state index contributed by atoms with van der Waals surface area (Å²) in [6, 6.07) is 38.8. The number of allylic oxidation sites excluding steroid dienone is 4. The molecule has 1 aromatic heterocycles. The molecule has 57 heavy (non-hydrogen) atoms. The second-order valence-electron chi connectivity index (χ2n) is 15.2. The molecule has 1 unspecified atom stereocenters. The SMILES string of the molecule is C=CCCc1c(C)c2ccc3c(c2n1-c1cc(C2=Nc4ccccc4C(C(=C)/C=C\C=C/C)N2C)cc(-c2ccccc2C#N)c1)C(C)(C)c1ccccc1-3.CC. The van der Waals surface area contributed by atoms with E-state index in [-0.39, 0.29) is 11.5 Å². The molecule has 0 amide bonds. The number of para-hydroxylation sites is 1. The van der Waals surface area contributed by atoms with Crippen LogP contribution in [-0.2, 0) is 11.8 Å². The zero-order valence-electron chi connectivity index (χ0n) is 34.4. The van der Waals surface area contributed by atoms with E-state index in [2.05, 4.69) is 141 Å². The number of aromatic nitrogens is 1. The summed E-state index contributed by atoms with van der Waals surface area (Å²) in [5.74, 6) is 0.848. The van der Waals surface area contributed by atoms with E-state index in [1.54, 1.807) is 0 Å². The quantitative estimate of drug-likeness (QED) is 0.109. The minimum Gasteiger partial charge on any atom is -0.348 e. The van der Waals surface area contributed by atoms with Gasteiger partial charge in [0.1, 0.15) is 5.84 Å². The van der Waals surface area contributed by atoms with Gasteiger partial charge < -0.3 is 9.47 Å². The molecule has 0 saturated carbocycles. The Labute approximate surface area is 339 Å². The summed E-state index contributed by atoms with van der Waals surface area (Å²) in [6.07, 6.45) is 11.9. The standard InChI is InChI=1S/C51H46N4.C2H6/c1-8-10-12-19-33(3)48-43-23-16-18-25-45(43)53-50(54(48)7)37-29-36(40-21-14-13-20-35(40)32-52)30-38(31-37)55-46(26-11-9-2)34(4)39-27-28-42-41-22-15-17-24-44(41)51(5,6)47(42)49(39)55;1-2/h8-10,12-25,27-31,48H,2-3,11,26H2,1,4-7H3;1-2H3/b10-8-,19-12-;. The Bertz CT molecular complexity index is 2670. The van der Waals surface area contributed by atoms with Crippen molar-refractivity contribution in [3.63, 3.8) is 0 Å². The predicted octanol–water partition coefficient (Wildman–Crippen LogP) is 13.7. The van der Waals surface area contributed by atoms with Crippen molar-refractivity contribution in [1.29, 1.82) is 5.26 Å². The molecule has 2 heterocycles. The number of hydrogen-bond donors (Lipinski definition) is 0. The molecule has 0 saturated heterocycles. The summed E-state index contributed by atoms with van der Waals surface area (Å²) in [7, 11) is 2.11. The number of aryl methyl sites for hydroxylation is 1. The van der Waals surface area contributed by atoms with Gasteiger partial charge in [0.15, 0.2) is 0 Å². The minimum atomic E-state index is -0.219. The van der Waals surface area contributed by atoms with Crippen LogP contribution in [-0.4, -0.2) is 22.4 Å². The molecular weight excluding hydrogens is 693 g/mol. The van der Waals surface area contributed by atoms with Crippen LogP contribution in [0.3, 0.4) is 0 Å². The van der Waals surface area contributed by atoms with Crippen LogP contribution in [0.15, 0.2) is 157 Å². The van der Waals surface area contributed by atoms with Gasteiger partial charge in [-0.15, -0.1) is 6.58 Å². The van der Waals surface area contributed by atoms with E-state index in [0.717, 1.165) is 57.9 Å². The number of amidine groups is 1. The number of likely N-dealkylation sites (N-methyl/N-ethyl adjacent to an activating group) is 1. The van der Waals surface area contributed by atoms with Crippen molar-refractivity contribution in [3.8, 4) is 34.0 Å². The van der Waals surface area contributed by atoms with E-state index in [1.807, 2.05) is 69.3 Å². The molecule has 1 aliphatic carbocycles. The fraction of sp³-hybridized carbons (Fsp3) is 0.208. The molecule has 5 aromatic carbocycles. The Morgan fingerprint density at radius 3 is 2.33 bits per heavy atom. The van der Waals surface area contributed by atoms with Gasteiger partial charge in [-0.2, -0.15) is 5.26 Å². The van der Waals surface area contributed by atoms with E-state index >= 15 is 0 Å². The summed E-state index contributed by atoms with van der Waals surface area (Å²) in [5, 5.41) is 11.6. The molecule has 1 aliphatic heterocycles. The van der Waals surface area contributed by atoms with Crippen LogP contribution in [0.25, 0.3) is 38.8 Å². The fourth-order valence-corrected chi connectivity index (χ4v) is 8.96. The number of hydrogen-bond acceptors (Lipinski definition) is 3. The van der Waals surface area contributed by atoms with E-state index < -0.39 is 0 Å². The van der Waals surface area contributed by atoms with Crippen molar-refractivity contribution in [2.75, 3.05) is 7.05 Å². The van der Waals surface area contributed by atoms with Crippen molar-refractivity contribution >= 4 is 22.4 Å². The van der Waals surface area contributed by atoms with Crippen LogP contribution in [0, 0.1) is 18.3 Å². The summed E-state index contributed by atoms with van der Waals surface area (Å²) in [5.41, 5.74) is 16.3. The zero-order valence-corrected chi connectivity index (χ0v) is 34.4. The zero-order chi connectivity index (χ0) is 40.4. The molecule has 0 bridgehead atoms. The Morgan fingerprint density at radius 2 is 1.58 bits per heavy atom. The van der Waals surface area contributed by atoms with Crippen LogP contribution in [0.4, 0.5) is 5.69 Å². The van der Waals surface area contributed by atoms with E-state index in [4.69, 9.17) is 4.99 Å². The highest BCUT2D eigenvalue weighted by atomic mass is 15.2. The maximum Gasteiger partial charge on any atom is 0.137 e. The van der Waals surface area contributed by atoms with Gasteiger partial charge in [0.25, 0.3) is 0 Å². The Morgan fingerprint density at radius 1 is 0.877 bits per heavy atom. The molecule has 1 atom stereocenters. The third-order valence-corrected chi connectivity index (χ3v) is 11.5. The monoisotopic (exact) mass is 744 g/mol. The summed E-state index contributed by atoms with van der Waals surface area (Å²) in [6.45, 7) is 21.7. The minimum absolute atomic E-state index is 0.121. The molecule has 6 aromatic rings. The van der Waals surface area contributed by atoms with Crippen molar-refractivity contribution in [1.82, 2.24) is 9.47 Å². The third-order valence-electron chi connectivity index (χ3n) is 11.5. The van der Waals surface area contributed by atoms with E-state index in [9.17, 15) is 5.26 Å². The predicted molar refractivity (Wildman–Crippen MR) is 242 cm³/mol. The Balaban J connectivity index is 0.00000244. The van der Waals surface area contributed by atoms with Crippen LogP contribution < -0.4 is 0 Å². The second-order valence-corrected chi connectivity index (χ2v) is 15.2. The average Bonchev–Trinajstić information content (AvgIpc) is 3.66. The van der Waals surface area contributed by atoms with Crippen LogP contribution >= 0.6 is 0 Å². The molecule has 0 fully saturated rings. The normalized spacial score (nSPS) is 15.1. The summed E-state index contributed by atoms with van der Waals surface area (Å²) < 4.78 is 2.51. The van der Waals surface area contributed by atoms with Gasteiger partial charge >= 0.3 is 0 Å². The largest absolute Gasteiger partial charge is 0.348 e. The van der Waals surface area contributed by atoms with Gasteiger partial charge in [0.05, 0.1) is 28.9 Å². The van der Waals surface area contributed by atoms with Gasteiger partial charge in [0.2, 0.25) is 0 Å². The fourth-order valence-electron chi connectivity index (χ4n) is 8.96. The number of nitrogens with zero attached hydrogens (tertiary/aromatic N) is 4. The lowest BCUT2D eigenvalue weighted by Gasteiger charge is -2.36. The second kappa shape index (κ2) is 16.0. The molecule has 4 nitrogen and oxygen atoms in total. The first kappa shape index (κ1) is 38.8. The highest BCUT2D eigenvalue weighted by Gasteiger charge is 2.39. The van der Waals surface area contributed by atoms with Gasteiger partial charge in [-0.3, -0.25) is 0 Å². The van der Waals surface area contributed by atoms with Crippen LogP contribution in [0.2, 0.25) is 0 Å². The first-order valence-corrected chi connectivity index (χ1v) is 20.1. The number of rotatable bonds is 9. The molecule has 4 heteroatoms. The van der Waals surface area contributed by atoms with Crippen LogP contribution in [0.1, 0.15) is 86.2 Å². The molecular formula is C53H52N4. The highest BCUT2D eigenvalue weighted by molar-refractivity contribution is 6.04. The molecule has 8 rings (SSSR count). The smallest absolute Gasteiger partial charge is 0.137 e. The first-order valence-electron chi connectivity index (χ1n) is 20.1. The first-order chi connectivity index (χ1) is 27.7. The molecule has 2 aliphatic rings. The van der Waals surface area contributed by atoms with Gasteiger partial charge in [-0.1, -0.05) is 137 Å². The Kier molecular flexibility index (Phi) is 10.9. The lowest BCUT2D eigenvalue weighted by atomic mass is 9.81. The molecule has 0 radical (unpaired) electrons. The van der Waals surface area contributed by atoms with E-state index in [0.29, 0.717) is 5.56 Å². The van der Waals surface area contributed by atoms with Gasteiger partial charge in [0, 0.05) is 40.4 Å². The summed E-state index contributed by atoms with van der Waals surface area (Å²) in [4.78, 5) is 7.61. The van der Waals surface area contributed by atoms with Gasteiger partial charge in [-0.05, 0) is 102 Å². The molecule has 0 N–H and O–H groups in total. The van der Waals surface area contributed by atoms with Crippen molar-refractivity contribution in [2.24, 2.45) is 4.99 Å². The van der Waals surface area contributed by atoms with Gasteiger partial charge in [-0.25, -0.2) is 4.99 Å². The number of benzene rings is 5. The summed E-state index contributed by atoms with van der Waals surface area (Å²) >= 11 is 0. The lowest BCUT2D eigenvalue weighted by molar-refractivity contribution is 0.422. The van der Waals surface area contributed by atoms with E-state index in [1.165, 1.54) is 44.4 Å². The maximum absolute atomic E-state index is 10.3. The number of aliphatic imine (C=N–C) groups is 1. The number of nitriles is 1.